The van der Waals surface area contributed by atoms with Crippen LogP contribution in [0, 0.1) is 11.6 Å². The third-order valence-corrected chi connectivity index (χ3v) is 4.87. The zero-order valence-electron chi connectivity index (χ0n) is 16.5. The molecule has 152 valence electrons. The van der Waals surface area contributed by atoms with Crippen LogP contribution in [0.4, 0.5) is 8.78 Å². The minimum atomic E-state index is -0.558. The van der Waals surface area contributed by atoms with E-state index in [0.29, 0.717) is 19.0 Å². The first-order chi connectivity index (χ1) is 13.5. The van der Waals surface area contributed by atoms with Crippen molar-refractivity contribution in [2.75, 3.05) is 27.2 Å². The molecule has 0 amide bonds. The van der Waals surface area contributed by atoms with Crippen LogP contribution < -0.4 is 10.6 Å². The largest absolute Gasteiger partial charge is 0.357 e. The van der Waals surface area contributed by atoms with E-state index in [-0.39, 0.29) is 18.2 Å². The van der Waals surface area contributed by atoms with E-state index in [1.807, 2.05) is 11.6 Å². The topological polar surface area (TPSA) is 70.4 Å². The molecule has 1 aliphatic heterocycles. The van der Waals surface area contributed by atoms with Gasteiger partial charge in [0.25, 0.3) is 0 Å². The van der Waals surface area contributed by atoms with E-state index in [9.17, 15) is 8.78 Å². The number of hydrogen-bond donors (Lipinski definition) is 2. The quantitative estimate of drug-likeness (QED) is 0.580. The van der Waals surface area contributed by atoms with Crippen LogP contribution in [0.2, 0.25) is 0 Å². The van der Waals surface area contributed by atoms with Crippen LogP contribution in [0.1, 0.15) is 30.8 Å². The normalized spacial score (nSPS) is 18.1. The Balaban J connectivity index is 1.73. The lowest BCUT2D eigenvalue weighted by Gasteiger charge is -2.27. The standard InChI is InChI=1S/C19H27F2N7/c1-4-22-19(26-13-8-9-17-24-12-25-28(17)11-13)23-10-16(27(2)3)18-14(20)6-5-7-15(18)21/h5-7,12-13,16H,4,8-11H2,1-3H3,(H2,22,23,26). The number of nitrogens with zero attached hydrogens (tertiary/aromatic N) is 5. The van der Waals surface area contributed by atoms with Gasteiger partial charge in [0.1, 0.15) is 23.8 Å². The summed E-state index contributed by atoms with van der Waals surface area (Å²) in [7, 11) is 3.58. The molecule has 0 spiro atoms. The molecule has 1 aliphatic rings. The van der Waals surface area contributed by atoms with Crippen molar-refractivity contribution in [1.29, 1.82) is 0 Å². The lowest BCUT2D eigenvalue weighted by atomic mass is 10.0. The fourth-order valence-corrected chi connectivity index (χ4v) is 3.39. The Morgan fingerprint density at radius 1 is 1.36 bits per heavy atom. The van der Waals surface area contributed by atoms with Gasteiger partial charge in [0, 0.05) is 24.6 Å². The Morgan fingerprint density at radius 3 is 2.79 bits per heavy atom. The molecule has 2 unspecified atom stereocenters. The summed E-state index contributed by atoms with van der Waals surface area (Å²) in [6.45, 7) is 3.60. The molecule has 2 heterocycles. The van der Waals surface area contributed by atoms with Crippen LogP contribution >= 0.6 is 0 Å². The number of nitrogens with one attached hydrogen (secondary N) is 2. The summed E-state index contributed by atoms with van der Waals surface area (Å²) in [5.41, 5.74) is 0.0389. The molecule has 3 rings (SSSR count). The van der Waals surface area contributed by atoms with Gasteiger partial charge in [-0.25, -0.2) is 18.4 Å². The Bertz CT molecular complexity index is 798. The molecule has 28 heavy (non-hydrogen) atoms. The van der Waals surface area contributed by atoms with E-state index in [0.717, 1.165) is 18.7 Å². The molecular formula is C19H27F2N7. The maximum Gasteiger partial charge on any atom is 0.191 e. The average Bonchev–Trinajstić information content (AvgIpc) is 3.11. The monoisotopic (exact) mass is 391 g/mol. The Hall–Kier alpha value is -2.55. The van der Waals surface area contributed by atoms with Gasteiger partial charge in [-0.2, -0.15) is 5.10 Å². The summed E-state index contributed by atoms with van der Waals surface area (Å²) in [4.78, 5) is 10.6. The SMILES string of the molecule is CCNC(=NCC(c1c(F)cccc1F)N(C)C)NC1CCc2ncnn2C1. The van der Waals surface area contributed by atoms with Gasteiger partial charge in [0.15, 0.2) is 5.96 Å². The first-order valence-corrected chi connectivity index (χ1v) is 9.51. The van der Waals surface area contributed by atoms with Gasteiger partial charge in [-0.1, -0.05) is 6.07 Å². The highest BCUT2D eigenvalue weighted by atomic mass is 19.1. The molecule has 2 aromatic rings. The highest BCUT2D eigenvalue weighted by molar-refractivity contribution is 5.80. The zero-order valence-corrected chi connectivity index (χ0v) is 16.5. The van der Waals surface area contributed by atoms with Crippen molar-refractivity contribution in [2.24, 2.45) is 4.99 Å². The van der Waals surface area contributed by atoms with E-state index < -0.39 is 17.7 Å². The van der Waals surface area contributed by atoms with Gasteiger partial charge in [0.05, 0.1) is 19.1 Å². The number of aliphatic imine (C=N–C) groups is 1. The molecule has 1 aromatic heterocycles. The van der Waals surface area contributed by atoms with E-state index in [1.165, 1.54) is 18.2 Å². The number of aromatic nitrogens is 3. The Morgan fingerprint density at radius 2 is 2.11 bits per heavy atom. The minimum absolute atomic E-state index is 0.0389. The van der Waals surface area contributed by atoms with Crippen molar-refractivity contribution in [3.63, 3.8) is 0 Å². The third kappa shape index (κ3) is 4.64. The lowest BCUT2D eigenvalue weighted by molar-refractivity contribution is 0.289. The van der Waals surface area contributed by atoms with Crippen molar-refractivity contribution in [3.05, 3.63) is 47.5 Å². The summed E-state index contributed by atoms with van der Waals surface area (Å²) >= 11 is 0. The summed E-state index contributed by atoms with van der Waals surface area (Å²) in [6, 6.07) is 3.58. The number of rotatable bonds is 6. The first kappa shape index (κ1) is 20.2. The fraction of sp³-hybridized carbons (Fsp3) is 0.526. The first-order valence-electron chi connectivity index (χ1n) is 9.51. The molecule has 1 aromatic carbocycles. The number of halogens is 2. The molecule has 0 radical (unpaired) electrons. The van der Waals surface area contributed by atoms with Crippen LogP contribution in [0.25, 0.3) is 0 Å². The number of guanidine groups is 1. The van der Waals surface area contributed by atoms with Crippen LogP contribution in [0.15, 0.2) is 29.5 Å². The van der Waals surface area contributed by atoms with Gasteiger partial charge in [-0.3, -0.25) is 4.99 Å². The Kier molecular flexibility index (Phi) is 6.56. The van der Waals surface area contributed by atoms with Crippen molar-refractivity contribution < 1.29 is 8.78 Å². The van der Waals surface area contributed by atoms with E-state index in [4.69, 9.17) is 0 Å². The third-order valence-electron chi connectivity index (χ3n) is 4.87. The molecule has 7 nitrogen and oxygen atoms in total. The molecule has 0 saturated heterocycles. The number of likely N-dealkylation sites (N-methyl/N-ethyl adjacent to an activating group) is 1. The van der Waals surface area contributed by atoms with Gasteiger partial charge in [-0.05, 0) is 39.6 Å². The molecule has 2 atom stereocenters. The fourth-order valence-electron chi connectivity index (χ4n) is 3.39. The molecule has 9 heteroatoms. The van der Waals surface area contributed by atoms with Crippen molar-refractivity contribution in [3.8, 4) is 0 Å². The molecule has 0 saturated carbocycles. The highest BCUT2D eigenvalue weighted by Gasteiger charge is 2.23. The van der Waals surface area contributed by atoms with Crippen LogP contribution in [-0.2, 0) is 13.0 Å². The molecule has 0 aliphatic carbocycles. The van der Waals surface area contributed by atoms with Gasteiger partial charge < -0.3 is 15.5 Å². The summed E-state index contributed by atoms with van der Waals surface area (Å²) in [5.74, 6) is 0.498. The van der Waals surface area contributed by atoms with Crippen molar-refractivity contribution in [1.82, 2.24) is 30.3 Å². The maximum absolute atomic E-state index is 14.3. The van der Waals surface area contributed by atoms with E-state index in [1.54, 1.807) is 25.3 Å². The number of benzene rings is 1. The molecule has 0 fully saturated rings. The second-order valence-electron chi connectivity index (χ2n) is 7.07. The van der Waals surface area contributed by atoms with Crippen LogP contribution in [0.3, 0.4) is 0 Å². The summed E-state index contributed by atoms with van der Waals surface area (Å²) < 4.78 is 30.4. The van der Waals surface area contributed by atoms with E-state index >= 15 is 0 Å². The highest BCUT2D eigenvalue weighted by Crippen LogP contribution is 2.24. The van der Waals surface area contributed by atoms with Crippen LogP contribution in [0.5, 0.6) is 0 Å². The predicted molar refractivity (Wildman–Crippen MR) is 104 cm³/mol. The second kappa shape index (κ2) is 9.09. The van der Waals surface area contributed by atoms with Gasteiger partial charge >= 0.3 is 0 Å². The lowest BCUT2D eigenvalue weighted by Crippen LogP contribution is -2.47. The zero-order chi connectivity index (χ0) is 20.1. The van der Waals surface area contributed by atoms with E-state index in [2.05, 4.69) is 25.7 Å². The van der Waals surface area contributed by atoms with Crippen LogP contribution in [-0.4, -0.2) is 58.9 Å². The number of fused-ring (bicyclic) bond motifs is 1. The minimum Gasteiger partial charge on any atom is -0.357 e. The maximum atomic E-state index is 14.3. The molecular weight excluding hydrogens is 364 g/mol. The number of aryl methyl sites for hydroxylation is 1. The molecule has 0 bridgehead atoms. The Labute approximate surface area is 163 Å². The predicted octanol–water partition coefficient (Wildman–Crippen LogP) is 1.73. The smallest absolute Gasteiger partial charge is 0.191 e. The number of hydrogen-bond acceptors (Lipinski definition) is 4. The van der Waals surface area contributed by atoms with Crippen molar-refractivity contribution in [2.45, 2.75) is 38.4 Å². The molecule has 2 N–H and O–H groups in total. The summed E-state index contributed by atoms with van der Waals surface area (Å²) in [6.07, 6.45) is 3.33. The second-order valence-corrected chi connectivity index (χ2v) is 7.07. The van der Waals surface area contributed by atoms with Gasteiger partial charge in [-0.15, -0.1) is 0 Å². The van der Waals surface area contributed by atoms with Gasteiger partial charge in [0.2, 0.25) is 0 Å². The average molecular weight is 391 g/mol. The van der Waals surface area contributed by atoms with Crippen molar-refractivity contribution >= 4 is 5.96 Å². The summed E-state index contributed by atoms with van der Waals surface area (Å²) in [5, 5.41) is 10.8.